The number of esters is 1. The summed E-state index contributed by atoms with van der Waals surface area (Å²) in [5, 5.41) is 0. The molecule has 62 valence electrons. The number of carbonyl (C=O) groups excluding carboxylic acids is 1. The van der Waals surface area contributed by atoms with E-state index in [1.807, 2.05) is 13.8 Å². The highest BCUT2D eigenvalue weighted by atomic mass is 16.5. The molecule has 2 heteroatoms. The lowest BCUT2D eigenvalue weighted by Gasteiger charge is -2.13. The van der Waals surface area contributed by atoms with Crippen LogP contribution in [0.1, 0.15) is 20.3 Å². The van der Waals surface area contributed by atoms with E-state index in [4.69, 9.17) is 4.74 Å². The number of rotatable bonds is 0. The van der Waals surface area contributed by atoms with E-state index < -0.39 is 0 Å². The standard InChI is InChI=1S/C9H14O2/c1-6-4-9(10)11-5-7(2)8(6)3/h6-7H,3-5H2,1-2H3/t6-,7+/m1/s1. The summed E-state index contributed by atoms with van der Waals surface area (Å²) < 4.78 is 4.96. The Hall–Kier alpha value is -0.790. The molecule has 0 saturated carbocycles. The zero-order valence-corrected chi connectivity index (χ0v) is 7.09. The van der Waals surface area contributed by atoms with Crippen LogP contribution in [0.5, 0.6) is 0 Å². The van der Waals surface area contributed by atoms with Crippen molar-refractivity contribution in [1.82, 2.24) is 0 Å². The average molecular weight is 154 g/mol. The Bertz CT molecular complexity index is 184. The van der Waals surface area contributed by atoms with Gasteiger partial charge in [0.05, 0.1) is 13.0 Å². The third-order valence-electron chi connectivity index (χ3n) is 2.23. The quantitative estimate of drug-likeness (QED) is 0.392. The molecule has 2 nitrogen and oxygen atoms in total. The van der Waals surface area contributed by atoms with Gasteiger partial charge in [-0.1, -0.05) is 26.0 Å². The maximum absolute atomic E-state index is 10.9. The van der Waals surface area contributed by atoms with Gasteiger partial charge >= 0.3 is 5.97 Å². The third kappa shape index (κ3) is 1.82. The lowest BCUT2D eigenvalue weighted by Crippen LogP contribution is -2.07. The molecule has 1 aliphatic rings. The summed E-state index contributed by atoms with van der Waals surface area (Å²) in [6, 6.07) is 0. The van der Waals surface area contributed by atoms with Crippen molar-refractivity contribution in [3.05, 3.63) is 12.2 Å². The Kier molecular flexibility index (Phi) is 2.32. The molecule has 1 aliphatic heterocycles. The Morgan fingerprint density at radius 1 is 1.45 bits per heavy atom. The van der Waals surface area contributed by atoms with Crippen molar-refractivity contribution in [2.75, 3.05) is 6.61 Å². The zero-order valence-electron chi connectivity index (χ0n) is 7.09. The lowest BCUT2D eigenvalue weighted by atomic mass is 9.91. The minimum atomic E-state index is -0.0944. The monoisotopic (exact) mass is 154 g/mol. The molecule has 0 aromatic heterocycles. The van der Waals surface area contributed by atoms with Crippen molar-refractivity contribution in [1.29, 1.82) is 0 Å². The summed E-state index contributed by atoms with van der Waals surface area (Å²) in [5.41, 5.74) is 1.14. The van der Waals surface area contributed by atoms with Crippen LogP contribution in [0.25, 0.3) is 0 Å². The SMILES string of the molecule is C=C1[C@H](C)CC(=O)OC[C@@H]1C. The highest BCUT2D eigenvalue weighted by Gasteiger charge is 2.22. The fourth-order valence-corrected chi connectivity index (χ4v) is 1.25. The first kappa shape index (κ1) is 8.31. The van der Waals surface area contributed by atoms with E-state index in [9.17, 15) is 4.79 Å². The van der Waals surface area contributed by atoms with E-state index in [2.05, 4.69) is 6.58 Å². The molecule has 2 atom stereocenters. The summed E-state index contributed by atoms with van der Waals surface area (Å²) in [4.78, 5) is 10.9. The molecular weight excluding hydrogens is 140 g/mol. The Labute approximate surface area is 67.2 Å². The zero-order chi connectivity index (χ0) is 8.43. The molecule has 0 N–H and O–H groups in total. The van der Waals surface area contributed by atoms with Crippen molar-refractivity contribution in [2.45, 2.75) is 20.3 Å². The molecule has 11 heavy (non-hydrogen) atoms. The second-order valence-electron chi connectivity index (χ2n) is 3.26. The van der Waals surface area contributed by atoms with E-state index in [1.54, 1.807) is 0 Å². The van der Waals surface area contributed by atoms with E-state index in [0.29, 0.717) is 18.9 Å². The van der Waals surface area contributed by atoms with Crippen LogP contribution >= 0.6 is 0 Å². The van der Waals surface area contributed by atoms with Crippen LogP contribution in [-0.2, 0) is 9.53 Å². The van der Waals surface area contributed by atoms with Crippen molar-refractivity contribution >= 4 is 5.97 Å². The summed E-state index contributed by atoms with van der Waals surface area (Å²) in [7, 11) is 0. The van der Waals surface area contributed by atoms with Gasteiger partial charge in [-0.15, -0.1) is 0 Å². The molecule has 1 heterocycles. The largest absolute Gasteiger partial charge is 0.465 e. The summed E-state index contributed by atoms with van der Waals surface area (Å²) in [5.74, 6) is 0.499. The number of hydrogen-bond acceptors (Lipinski definition) is 2. The van der Waals surface area contributed by atoms with Gasteiger partial charge in [-0.2, -0.15) is 0 Å². The summed E-state index contributed by atoms with van der Waals surface area (Å²) in [6.45, 7) is 8.50. The van der Waals surface area contributed by atoms with Gasteiger partial charge < -0.3 is 4.74 Å². The second kappa shape index (κ2) is 3.07. The molecule has 0 radical (unpaired) electrons. The van der Waals surface area contributed by atoms with Crippen molar-refractivity contribution in [3.8, 4) is 0 Å². The van der Waals surface area contributed by atoms with Gasteiger partial charge in [0, 0.05) is 5.92 Å². The fraction of sp³-hybridized carbons (Fsp3) is 0.667. The Balaban J connectivity index is 2.68. The van der Waals surface area contributed by atoms with Crippen LogP contribution in [0.15, 0.2) is 12.2 Å². The summed E-state index contributed by atoms with van der Waals surface area (Å²) >= 11 is 0. The van der Waals surface area contributed by atoms with Gasteiger partial charge in [-0.3, -0.25) is 4.79 Å². The molecule has 0 unspecified atom stereocenters. The van der Waals surface area contributed by atoms with Crippen LogP contribution in [0.2, 0.25) is 0 Å². The average Bonchev–Trinajstić information content (AvgIpc) is 2.05. The molecule has 1 saturated heterocycles. The highest BCUT2D eigenvalue weighted by Crippen LogP contribution is 2.24. The van der Waals surface area contributed by atoms with Gasteiger partial charge in [-0.25, -0.2) is 0 Å². The lowest BCUT2D eigenvalue weighted by molar-refractivity contribution is -0.143. The molecule has 0 spiro atoms. The number of ether oxygens (including phenoxy) is 1. The third-order valence-corrected chi connectivity index (χ3v) is 2.23. The normalized spacial score (nSPS) is 32.9. The van der Waals surface area contributed by atoms with Gasteiger partial charge in [0.1, 0.15) is 0 Å². The summed E-state index contributed by atoms with van der Waals surface area (Å²) in [6.07, 6.45) is 0.489. The smallest absolute Gasteiger partial charge is 0.306 e. The first-order valence-electron chi connectivity index (χ1n) is 3.95. The molecule has 1 fully saturated rings. The van der Waals surface area contributed by atoms with Crippen molar-refractivity contribution < 1.29 is 9.53 Å². The first-order valence-corrected chi connectivity index (χ1v) is 3.95. The van der Waals surface area contributed by atoms with Crippen LogP contribution in [0, 0.1) is 11.8 Å². The Morgan fingerprint density at radius 3 is 2.73 bits per heavy atom. The minimum Gasteiger partial charge on any atom is -0.465 e. The van der Waals surface area contributed by atoms with Crippen LogP contribution in [0.4, 0.5) is 0 Å². The van der Waals surface area contributed by atoms with Gasteiger partial charge in [-0.05, 0) is 5.92 Å². The van der Waals surface area contributed by atoms with E-state index in [0.717, 1.165) is 5.57 Å². The number of hydrogen-bond donors (Lipinski definition) is 0. The number of cyclic esters (lactones) is 1. The topological polar surface area (TPSA) is 26.3 Å². The highest BCUT2D eigenvalue weighted by molar-refractivity contribution is 5.70. The van der Waals surface area contributed by atoms with Crippen molar-refractivity contribution in [2.24, 2.45) is 11.8 Å². The van der Waals surface area contributed by atoms with E-state index in [1.165, 1.54) is 0 Å². The predicted molar refractivity (Wildman–Crippen MR) is 43.0 cm³/mol. The predicted octanol–water partition coefficient (Wildman–Crippen LogP) is 1.76. The van der Waals surface area contributed by atoms with E-state index >= 15 is 0 Å². The minimum absolute atomic E-state index is 0.0944. The van der Waals surface area contributed by atoms with Crippen LogP contribution < -0.4 is 0 Å². The molecule has 1 rings (SSSR count). The number of carbonyl (C=O) groups is 1. The van der Waals surface area contributed by atoms with Crippen molar-refractivity contribution in [3.63, 3.8) is 0 Å². The first-order chi connectivity index (χ1) is 5.11. The maximum Gasteiger partial charge on any atom is 0.306 e. The molecule has 0 bridgehead atoms. The molecular formula is C9H14O2. The van der Waals surface area contributed by atoms with Gasteiger partial charge in [0.15, 0.2) is 0 Å². The van der Waals surface area contributed by atoms with Gasteiger partial charge in [0.25, 0.3) is 0 Å². The van der Waals surface area contributed by atoms with Crippen LogP contribution in [0.3, 0.4) is 0 Å². The van der Waals surface area contributed by atoms with E-state index in [-0.39, 0.29) is 11.9 Å². The fourth-order valence-electron chi connectivity index (χ4n) is 1.25. The molecule has 0 aliphatic carbocycles. The Morgan fingerprint density at radius 2 is 2.09 bits per heavy atom. The second-order valence-corrected chi connectivity index (χ2v) is 3.26. The molecule has 0 aromatic rings. The molecule has 0 aromatic carbocycles. The van der Waals surface area contributed by atoms with Crippen LogP contribution in [-0.4, -0.2) is 12.6 Å². The van der Waals surface area contributed by atoms with Gasteiger partial charge in [0.2, 0.25) is 0 Å². The maximum atomic E-state index is 10.9. The molecule has 0 amide bonds.